The zero-order valence-corrected chi connectivity index (χ0v) is 10.2. The average molecular weight is 236 g/mol. The van der Waals surface area contributed by atoms with Crippen molar-refractivity contribution >= 4 is 17.2 Å². The number of nitrogens with zero attached hydrogens (tertiary/aromatic N) is 2. The van der Waals surface area contributed by atoms with Crippen molar-refractivity contribution in [3.63, 3.8) is 0 Å². The van der Waals surface area contributed by atoms with Crippen LogP contribution in [0.4, 0.5) is 0 Å². The molecule has 2 aromatic heterocycles. The fourth-order valence-electron chi connectivity index (χ4n) is 1.31. The van der Waals surface area contributed by atoms with Crippen LogP contribution in [-0.4, -0.2) is 29.9 Å². The smallest absolute Gasteiger partial charge is 0.275 e. The molecule has 84 valence electrons. The summed E-state index contributed by atoms with van der Waals surface area (Å²) in [7, 11) is 3.39. The summed E-state index contributed by atoms with van der Waals surface area (Å²) in [5.74, 6) is 0.934. The molecule has 0 aliphatic rings. The topological polar surface area (TPSA) is 46.3 Å². The maximum Gasteiger partial charge on any atom is 0.275 e. The fraction of sp³-hybridized carbons (Fsp3) is 0.273. The Morgan fingerprint density at radius 1 is 1.50 bits per heavy atom. The summed E-state index contributed by atoms with van der Waals surface area (Å²) < 4.78 is 5.48. The highest BCUT2D eigenvalue weighted by molar-refractivity contribution is 7.13. The lowest BCUT2D eigenvalue weighted by molar-refractivity contribution is 0.0821. The molecule has 4 nitrogen and oxygen atoms in total. The lowest BCUT2D eigenvalue weighted by Crippen LogP contribution is -2.22. The van der Waals surface area contributed by atoms with Crippen molar-refractivity contribution in [3.05, 3.63) is 29.0 Å². The minimum atomic E-state index is -0.135. The fourth-order valence-corrected chi connectivity index (χ4v) is 1.96. The monoisotopic (exact) mass is 236 g/mol. The number of carbonyl (C=O) groups excluding carboxylic acids is 1. The third-order valence-corrected chi connectivity index (χ3v) is 3.00. The summed E-state index contributed by atoms with van der Waals surface area (Å²) in [6.45, 7) is 1.75. The molecule has 0 aliphatic carbocycles. The van der Waals surface area contributed by atoms with Crippen LogP contribution in [0.5, 0.6) is 0 Å². The van der Waals surface area contributed by atoms with Crippen molar-refractivity contribution in [2.45, 2.75) is 6.92 Å². The Labute approximate surface area is 97.5 Å². The zero-order valence-electron chi connectivity index (χ0n) is 9.35. The number of amides is 1. The summed E-state index contributed by atoms with van der Waals surface area (Å²) in [6.07, 6.45) is 0. The van der Waals surface area contributed by atoms with Gasteiger partial charge in [0.05, 0.1) is 4.88 Å². The van der Waals surface area contributed by atoms with Crippen LogP contribution in [0.25, 0.3) is 10.8 Å². The third kappa shape index (κ3) is 1.86. The first-order valence-electron chi connectivity index (χ1n) is 4.82. The first-order valence-corrected chi connectivity index (χ1v) is 5.70. The number of rotatable bonds is 2. The second kappa shape index (κ2) is 4.09. The SMILES string of the molecule is Cc1oc(-c2cccs2)nc1C(=O)N(C)C. The largest absolute Gasteiger partial charge is 0.440 e. The Kier molecular flexibility index (Phi) is 2.78. The molecule has 0 aromatic carbocycles. The van der Waals surface area contributed by atoms with Gasteiger partial charge >= 0.3 is 0 Å². The predicted octanol–water partition coefficient (Wildman–Crippen LogP) is 2.41. The minimum Gasteiger partial charge on any atom is -0.440 e. The number of hydrogen-bond donors (Lipinski definition) is 0. The molecule has 2 aromatic rings. The van der Waals surface area contributed by atoms with Gasteiger partial charge in [0.15, 0.2) is 5.69 Å². The molecular weight excluding hydrogens is 224 g/mol. The van der Waals surface area contributed by atoms with E-state index in [9.17, 15) is 4.79 Å². The van der Waals surface area contributed by atoms with Crippen molar-refractivity contribution < 1.29 is 9.21 Å². The van der Waals surface area contributed by atoms with Crippen LogP contribution >= 0.6 is 11.3 Å². The van der Waals surface area contributed by atoms with E-state index in [2.05, 4.69) is 4.98 Å². The summed E-state index contributed by atoms with van der Waals surface area (Å²) in [5, 5.41) is 1.95. The van der Waals surface area contributed by atoms with E-state index in [1.54, 1.807) is 21.0 Å². The van der Waals surface area contributed by atoms with Crippen LogP contribution in [0.15, 0.2) is 21.9 Å². The van der Waals surface area contributed by atoms with E-state index in [-0.39, 0.29) is 5.91 Å². The Bertz CT molecular complexity index is 500. The summed E-state index contributed by atoms with van der Waals surface area (Å²) in [4.78, 5) is 18.4. The highest BCUT2D eigenvalue weighted by Gasteiger charge is 2.19. The van der Waals surface area contributed by atoms with Gasteiger partial charge < -0.3 is 9.32 Å². The Balaban J connectivity index is 2.40. The standard InChI is InChI=1S/C11H12N2O2S/c1-7-9(11(14)13(2)3)12-10(15-7)8-5-4-6-16-8/h4-6H,1-3H3. The van der Waals surface area contributed by atoms with Gasteiger partial charge in [-0.05, 0) is 18.4 Å². The van der Waals surface area contributed by atoms with Crippen LogP contribution in [0.2, 0.25) is 0 Å². The second-order valence-electron chi connectivity index (χ2n) is 3.60. The maximum atomic E-state index is 11.8. The van der Waals surface area contributed by atoms with Gasteiger partial charge in [-0.3, -0.25) is 4.79 Å². The summed E-state index contributed by atoms with van der Waals surface area (Å²) in [5.41, 5.74) is 0.383. The van der Waals surface area contributed by atoms with Gasteiger partial charge in [-0.2, -0.15) is 0 Å². The van der Waals surface area contributed by atoms with Crippen LogP contribution in [-0.2, 0) is 0 Å². The van der Waals surface area contributed by atoms with E-state index in [4.69, 9.17) is 4.42 Å². The van der Waals surface area contributed by atoms with E-state index in [0.29, 0.717) is 17.3 Å². The average Bonchev–Trinajstić information content (AvgIpc) is 2.84. The van der Waals surface area contributed by atoms with Crippen molar-refractivity contribution in [1.82, 2.24) is 9.88 Å². The molecule has 5 heteroatoms. The number of hydrogen-bond acceptors (Lipinski definition) is 4. The van der Waals surface area contributed by atoms with Crippen molar-refractivity contribution in [3.8, 4) is 10.8 Å². The van der Waals surface area contributed by atoms with Gasteiger partial charge in [0.2, 0.25) is 5.89 Å². The van der Waals surface area contributed by atoms with Crippen molar-refractivity contribution in [1.29, 1.82) is 0 Å². The molecule has 0 aliphatic heterocycles. The molecule has 0 fully saturated rings. The normalized spacial score (nSPS) is 10.4. The molecule has 0 unspecified atom stereocenters. The van der Waals surface area contributed by atoms with E-state index >= 15 is 0 Å². The van der Waals surface area contributed by atoms with E-state index in [0.717, 1.165) is 4.88 Å². The van der Waals surface area contributed by atoms with Crippen LogP contribution < -0.4 is 0 Å². The minimum absolute atomic E-state index is 0.135. The van der Waals surface area contributed by atoms with Crippen LogP contribution in [0, 0.1) is 6.92 Å². The Hall–Kier alpha value is -1.62. The first kappa shape index (κ1) is 10.9. The quantitative estimate of drug-likeness (QED) is 0.804. The molecule has 0 bridgehead atoms. The van der Waals surface area contributed by atoms with Crippen LogP contribution in [0.3, 0.4) is 0 Å². The lowest BCUT2D eigenvalue weighted by atomic mass is 10.3. The van der Waals surface area contributed by atoms with Gasteiger partial charge in [0.1, 0.15) is 5.76 Å². The van der Waals surface area contributed by atoms with Gasteiger partial charge in [0.25, 0.3) is 5.91 Å². The molecule has 0 atom stereocenters. The molecule has 0 N–H and O–H groups in total. The van der Waals surface area contributed by atoms with Gasteiger partial charge in [-0.1, -0.05) is 6.07 Å². The Morgan fingerprint density at radius 2 is 2.25 bits per heavy atom. The summed E-state index contributed by atoms with van der Waals surface area (Å²) in [6, 6.07) is 3.84. The zero-order chi connectivity index (χ0) is 11.7. The van der Waals surface area contributed by atoms with E-state index in [1.807, 2.05) is 17.5 Å². The maximum absolute atomic E-state index is 11.8. The van der Waals surface area contributed by atoms with Gasteiger partial charge in [0, 0.05) is 14.1 Å². The number of oxazole rings is 1. The van der Waals surface area contributed by atoms with Crippen molar-refractivity contribution in [2.75, 3.05) is 14.1 Å². The number of thiophene rings is 1. The van der Waals surface area contributed by atoms with E-state index < -0.39 is 0 Å². The predicted molar refractivity (Wildman–Crippen MR) is 62.6 cm³/mol. The van der Waals surface area contributed by atoms with Gasteiger partial charge in [-0.15, -0.1) is 11.3 Å². The highest BCUT2D eigenvalue weighted by atomic mass is 32.1. The number of carbonyl (C=O) groups is 1. The third-order valence-electron chi connectivity index (χ3n) is 2.14. The molecule has 1 amide bonds. The molecular formula is C11H12N2O2S. The Morgan fingerprint density at radius 3 is 2.81 bits per heavy atom. The second-order valence-corrected chi connectivity index (χ2v) is 4.55. The van der Waals surface area contributed by atoms with Crippen LogP contribution in [0.1, 0.15) is 16.2 Å². The lowest BCUT2D eigenvalue weighted by Gasteiger charge is -2.06. The van der Waals surface area contributed by atoms with Crippen molar-refractivity contribution in [2.24, 2.45) is 0 Å². The molecule has 0 spiro atoms. The highest BCUT2D eigenvalue weighted by Crippen LogP contribution is 2.26. The molecule has 16 heavy (non-hydrogen) atoms. The van der Waals surface area contributed by atoms with E-state index in [1.165, 1.54) is 16.2 Å². The van der Waals surface area contributed by atoms with Gasteiger partial charge in [-0.25, -0.2) is 4.98 Å². The first-order chi connectivity index (χ1) is 7.59. The molecule has 0 radical (unpaired) electrons. The molecule has 0 saturated carbocycles. The summed E-state index contributed by atoms with van der Waals surface area (Å²) >= 11 is 1.54. The molecule has 0 saturated heterocycles. The number of aromatic nitrogens is 1. The molecule has 2 rings (SSSR count). The molecule has 2 heterocycles. The number of aryl methyl sites for hydroxylation is 1.